The number of pyridine rings is 1. The molecule has 0 bridgehead atoms. The topological polar surface area (TPSA) is 17.8 Å². The normalized spacial score (nSPS) is 11.7. The van der Waals surface area contributed by atoms with Crippen molar-refractivity contribution in [3.8, 4) is 28.2 Å². The number of benzene rings is 5. The fraction of sp³-hybridized carbons (Fsp3) is 0. The van der Waals surface area contributed by atoms with Crippen LogP contribution in [-0.2, 0) is 0 Å². The molecule has 0 N–H and O–H groups in total. The Bertz CT molecular complexity index is 2080. The van der Waals surface area contributed by atoms with Crippen LogP contribution in [0.25, 0.3) is 70.2 Å². The minimum atomic E-state index is 0.928. The highest BCUT2D eigenvalue weighted by atomic mass is 32.1. The Morgan fingerprint density at radius 1 is 0.500 bits per heavy atom. The molecule has 8 rings (SSSR count). The maximum atomic E-state index is 5.26. The Balaban J connectivity index is 1.47. The minimum Gasteiger partial charge on any atom is -0.294 e. The Kier molecular flexibility index (Phi) is 4.73. The molecule has 0 fully saturated rings. The molecule has 3 heterocycles. The van der Waals surface area contributed by atoms with Gasteiger partial charge in [-0.1, -0.05) is 103 Å². The maximum Gasteiger partial charge on any atom is 0.138 e. The number of hydrogen-bond donors (Lipinski definition) is 0. The van der Waals surface area contributed by atoms with Crippen molar-refractivity contribution < 1.29 is 0 Å². The highest BCUT2D eigenvalue weighted by Gasteiger charge is 2.17. The maximum absolute atomic E-state index is 5.26. The average Bonchev–Trinajstić information content (AvgIpc) is 3.53. The number of aromatic nitrogens is 2. The first-order valence-corrected chi connectivity index (χ1v) is 13.6. The van der Waals surface area contributed by atoms with E-state index in [0.717, 1.165) is 28.1 Å². The van der Waals surface area contributed by atoms with Crippen molar-refractivity contribution in [2.24, 2.45) is 0 Å². The molecule has 0 radical (unpaired) electrons. The molecule has 38 heavy (non-hydrogen) atoms. The molecule has 3 heteroatoms. The van der Waals surface area contributed by atoms with Crippen LogP contribution in [-0.4, -0.2) is 9.55 Å². The third kappa shape index (κ3) is 3.22. The fourth-order valence-corrected chi connectivity index (χ4v) is 6.92. The van der Waals surface area contributed by atoms with Crippen LogP contribution < -0.4 is 0 Å². The van der Waals surface area contributed by atoms with Crippen molar-refractivity contribution in [2.45, 2.75) is 0 Å². The van der Waals surface area contributed by atoms with Crippen molar-refractivity contribution in [3.05, 3.63) is 133 Å². The van der Waals surface area contributed by atoms with Gasteiger partial charge in [0.25, 0.3) is 0 Å². The zero-order chi connectivity index (χ0) is 25.1. The number of thiophene rings is 1. The van der Waals surface area contributed by atoms with Gasteiger partial charge in [-0.05, 0) is 41.5 Å². The first-order chi connectivity index (χ1) is 18.8. The lowest BCUT2D eigenvalue weighted by Crippen LogP contribution is -2.00. The van der Waals surface area contributed by atoms with E-state index in [1.165, 1.54) is 42.1 Å². The average molecular weight is 503 g/mol. The Morgan fingerprint density at radius 2 is 1.13 bits per heavy atom. The number of hydrogen-bond acceptors (Lipinski definition) is 2. The summed E-state index contributed by atoms with van der Waals surface area (Å²) >= 11 is 1.87. The molecule has 0 aliphatic heterocycles. The molecular weight excluding hydrogens is 480 g/mol. The van der Waals surface area contributed by atoms with E-state index < -0.39 is 0 Å². The predicted octanol–water partition coefficient (Wildman–Crippen LogP) is 9.88. The molecule has 0 saturated heterocycles. The second-order valence-electron chi connectivity index (χ2n) is 9.62. The lowest BCUT2D eigenvalue weighted by molar-refractivity contribution is 1.08. The molecule has 5 aromatic carbocycles. The SMILES string of the molecule is c1ccc(-c2cc(-c3cccc4c3sc3ccccc34)cc(-n3c4ccccc4c4ccccc43)n2)cc1. The van der Waals surface area contributed by atoms with Crippen LogP contribution in [0.2, 0.25) is 0 Å². The molecule has 178 valence electrons. The summed E-state index contributed by atoms with van der Waals surface area (Å²) in [6.07, 6.45) is 0. The summed E-state index contributed by atoms with van der Waals surface area (Å²) < 4.78 is 4.94. The molecule has 0 spiro atoms. The summed E-state index contributed by atoms with van der Waals surface area (Å²) in [6, 6.07) is 47.6. The predicted molar refractivity (Wildman–Crippen MR) is 162 cm³/mol. The Labute approximate surface area is 224 Å². The highest BCUT2D eigenvalue weighted by molar-refractivity contribution is 7.26. The molecular formula is C35H22N2S. The summed E-state index contributed by atoms with van der Waals surface area (Å²) in [5.41, 5.74) is 6.82. The lowest BCUT2D eigenvalue weighted by atomic mass is 10.0. The molecule has 0 aliphatic rings. The smallest absolute Gasteiger partial charge is 0.138 e. The van der Waals surface area contributed by atoms with Crippen LogP contribution in [0.1, 0.15) is 0 Å². The highest BCUT2D eigenvalue weighted by Crippen LogP contribution is 2.41. The van der Waals surface area contributed by atoms with Gasteiger partial charge in [-0.2, -0.15) is 0 Å². The van der Waals surface area contributed by atoms with Crippen LogP contribution in [0.5, 0.6) is 0 Å². The van der Waals surface area contributed by atoms with Crippen LogP contribution in [0, 0.1) is 0 Å². The first kappa shape index (κ1) is 21.4. The molecule has 0 atom stereocenters. The molecule has 0 saturated carbocycles. The molecule has 0 amide bonds. The van der Waals surface area contributed by atoms with Gasteiger partial charge in [-0.25, -0.2) is 4.98 Å². The number of nitrogens with zero attached hydrogens (tertiary/aromatic N) is 2. The van der Waals surface area contributed by atoms with Crippen molar-refractivity contribution in [3.63, 3.8) is 0 Å². The van der Waals surface area contributed by atoms with E-state index in [-0.39, 0.29) is 0 Å². The van der Waals surface area contributed by atoms with E-state index in [2.05, 4.69) is 138 Å². The third-order valence-electron chi connectivity index (χ3n) is 7.41. The van der Waals surface area contributed by atoms with Gasteiger partial charge in [0.1, 0.15) is 5.82 Å². The van der Waals surface area contributed by atoms with Crippen molar-refractivity contribution in [1.29, 1.82) is 0 Å². The van der Waals surface area contributed by atoms with Gasteiger partial charge in [0.05, 0.1) is 16.7 Å². The van der Waals surface area contributed by atoms with Gasteiger partial charge in [-0.15, -0.1) is 11.3 Å². The Morgan fingerprint density at radius 3 is 1.89 bits per heavy atom. The summed E-state index contributed by atoms with van der Waals surface area (Å²) in [5.74, 6) is 0.928. The molecule has 0 aliphatic carbocycles. The van der Waals surface area contributed by atoms with E-state index in [4.69, 9.17) is 4.98 Å². The quantitative estimate of drug-likeness (QED) is 0.235. The van der Waals surface area contributed by atoms with Gasteiger partial charge in [0, 0.05) is 36.5 Å². The largest absolute Gasteiger partial charge is 0.294 e. The summed E-state index contributed by atoms with van der Waals surface area (Å²) in [6.45, 7) is 0. The van der Waals surface area contributed by atoms with Gasteiger partial charge in [-0.3, -0.25) is 4.57 Å². The van der Waals surface area contributed by atoms with Crippen LogP contribution in [0.15, 0.2) is 133 Å². The second kappa shape index (κ2) is 8.41. The van der Waals surface area contributed by atoms with E-state index in [0.29, 0.717) is 0 Å². The summed E-state index contributed by atoms with van der Waals surface area (Å²) in [7, 11) is 0. The molecule has 0 unspecified atom stereocenters. The zero-order valence-corrected chi connectivity index (χ0v) is 21.3. The zero-order valence-electron chi connectivity index (χ0n) is 20.5. The minimum absolute atomic E-state index is 0.928. The van der Waals surface area contributed by atoms with Gasteiger partial charge in [0.2, 0.25) is 0 Å². The number of para-hydroxylation sites is 2. The monoisotopic (exact) mass is 502 g/mol. The summed E-state index contributed by atoms with van der Waals surface area (Å²) in [4.78, 5) is 5.26. The molecule has 8 aromatic rings. The van der Waals surface area contributed by atoms with Crippen LogP contribution in [0.4, 0.5) is 0 Å². The van der Waals surface area contributed by atoms with Gasteiger partial charge in [0.15, 0.2) is 0 Å². The van der Waals surface area contributed by atoms with Gasteiger partial charge >= 0.3 is 0 Å². The number of rotatable bonds is 3. The fourth-order valence-electron chi connectivity index (χ4n) is 5.69. The summed E-state index contributed by atoms with van der Waals surface area (Å²) in [5, 5.41) is 5.10. The van der Waals surface area contributed by atoms with E-state index in [1.807, 2.05) is 11.3 Å². The van der Waals surface area contributed by atoms with Crippen molar-refractivity contribution >= 4 is 53.3 Å². The molecule has 2 nitrogen and oxygen atoms in total. The third-order valence-corrected chi connectivity index (χ3v) is 8.63. The van der Waals surface area contributed by atoms with Crippen molar-refractivity contribution in [2.75, 3.05) is 0 Å². The van der Waals surface area contributed by atoms with Crippen molar-refractivity contribution in [1.82, 2.24) is 9.55 Å². The van der Waals surface area contributed by atoms with Crippen LogP contribution >= 0.6 is 11.3 Å². The molecule has 3 aromatic heterocycles. The lowest BCUT2D eigenvalue weighted by Gasteiger charge is -2.13. The van der Waals surface area contributed by atoms with Crippen LogP contribution in [0.3, 0.4) is 0 Å². The standard InChI is InChI=1S/C35H22N2S/c1-2-11-23(12-3-1)30-21-24(25-16-10-17-29-28-15-6-9-20-33(28)38-35(25)29)22-34(36-30)37-31-18-7-4-13-26(31)27-14-5-8-19-32(27)37/h1-22H. The number of fused-ring (bicyclic) bond motifs is 6. The first-order valence-electron chi connectivity index (χ1n) is 12.8. The van der Waals surface area contributed by atoms with E-state index in [9.17, 15) is 0 Å². The van der Waals surface area contributed by atoms with E-state index >= 15 is 0 Å². The van der Waals surface area contributed by atoms with E-state index in [1.54, 1.807) is 0 Å². The van der Waals surface area contributed by atoms with Gasteiger partial charge < -0.3 is 0 Å². The second-order valence-corrected chi connectivity index (χ2v) is 10.7. The Hall–Kier alpha value is -4.73.